The fourth-order valence-electron chi connectivity index (χ4n) is 2.14. The Kier molecular flexibility index (Phi) is 4.05. The van der Waals surface area contributed by atoms with Crippen molar-refractivity contribution in [2.75, 3.05) is 6.54 Å². The summed E-state index contributed by atoms with van der Waals surface area (Å²) in [6.07, 6.45) is 3.35. The van der Waals surface area contributed by atoms with Crippen molar-refractivity contribution in [2.24, 2.45) is 5.92 Å². The summed E-state index contributed by atoms with van der Waals surface area (Å²) in [5.74, 6) is 0.775. The lowest BCUT2D eigenvalue weighted by Crippen LogP contribution is -2.25. The number of hydrogen-bond acceptors (Lipinski definition) is 2. The van der Waals surface area contributed by atoms with Crippen LogP contribution < -0.4 is 5.32 Å². The largest absolute Gasteiger partial charge is 0.347 e. The highest BCUT2D eigenvalue weighted by atomic mass is 79.9. The van der Waals surface area contributed by atoms with E-state index >= 15 is 0 Å². The molecule has 1 heterocycles. The molecule has 2 rings (SSSR count). The van der Waals surface area contributed by atoms with E-state index in [9.17, 15) is 4.79 Å². The van der Waals surface area contributed by atoms with Gasteiger partial charge in [0.1, 0.15) is 0 Å². The highest BCUT2D eigenvalue weighted by Gasteiger charge is 2.22. The van der Waals surface area contributed by atoms with Crippen molar-refractivity contribution in [2.45, 2.75) is 26.2 Å². The molecule has 2 nitrogen and oxygen atoms in total. The smallest absolute Gasteiger partial charge is 0.252 e. The average molecular weight is 314 g/mol. The van der Waals surface area contributed by atoms with Gasteiger partial charge in [-0.1, -0.05) is 29.4 Å². The first-order valence-electron chi connectivity index (χ1n) is 5.78. The summed E-state index contributed by atoms with van der Waals surface area (Å²) in [5, 5.41) is 4.86. The van der Waals surface area contributed by atoms with Gasteiger partial charge < -0.3 is 5.32 Å². The number of thiophene rings is 1. The highest BCUT2D eigenvalue weighted by Crippen LogP contribution is 2.32. The molecule has 17 heavy (non-hydrogen) atoms. The SMILES string of the molecule is C=C(Br)CNC(=O)c1csc2c1CCC(C)C2. The van der Waals surface area contributed by atoms with E-state index in [1.807, 2.05) is 5.38 Å². The van der Waals surface area contributed by atoms with Crippen LogP contribution in [0.5, 0.6) is 0 Å². The first-order valence-corrected chi connectivity index (χ1v) is 7.46. The third kappa shape index (κ3) is 2.99. The molecule has 0 saturated carbocycles. The fourth-order valence-corrected chi connectivity index (χ4v) is 3.52. The number of rotatable bonds is 3. The zero-order chi connectivity index (χ0) is 12.4. The van der Waals surface area contributed by atoms with E-state index in [2.05, 4.69) is 34.7 Å². The molecule has 1 aliphatic carbocycles. The molecule has 92 valence electrons. The van der Waals surface area contributed by atoms with Crippen LogP contribution in [0.4, 0.5) is 0 Å². The quantitative estimate of drug-likeness (QED) is 0.909. The van der Waals surface area contributed by atoms with E-state index in [1.54, 1.807) is 11.3 Å². The van der Waals surface area contributed by atoms with Crippen LogP contribution in [-0.2, 0) is 12.8 Å². The Hall–Kier alpha value is -0.610. The number of carbonyl (C=O) groups is 1. The second-order valence-corrected chi connectivity index (χ2v) is 6.68. The van der Waals surface area contributed by atoms with Crippen LogP contribution in [0.25, 0.3) is 0 Å². The van der Waals surface area contributed by atoms with Crippen molar-refractivity contribution in [1.29, 1.82) is 0 Å². The molecule has 0 aromatic carbocycles. The molecule has 0 saturated heterocycles. The van der Waals surface area contributed by atoms with Gasteiger partial charge in [0.2, 0.25) is 0 Å². The first-order chi connectivity index (χ1) is 8.08. The molecule has 0 fully saturated rings. The summed E-state index contributed by atoms with van der Waals surface area (Å²) in [6.45, 7) is 6.47. The molecule has 4 heteroatoms. The molecule has 1 amide bonds. The molecule has 1 unspecified atom stereocenters. The molecule has 1 N–H and O–H groups in total. The second kappa shape index (κ2) is 5.36. The lowest BCUT2D eigenvalue weighted by molar-refractivity contribution is 0.0957. The fraction of sp³-hybridized carbons (Fsp3) is 0.462. The van der Waals surface area contributed by atoms with Crippen molar-refractivity contribution in [3.63, 3.8) is 0 Å². The van der Waals surface area contributed by atoms with Crippen molar-refractivity contribution >= 4 is 33.2 Å². The molecule has 0 spiro atoms. The molecule has 0 aliphatic heterocycles. The topological polar surface area (TPSA) is 29.1 Å². The summed E-state index contributed by atoms with van der Waals surface area (Å²) in [5.41, 5.74) is 2.14. The summed E-state index contributed by atoms with van der Waals surface area (Å²) in [7, 11) is 0. The molecule has 1 atom stereocenters. The van der Waals surface area contributed by atoms with Gasteiger partial charge in [-0.15, -0.1) is 11.3 Å². The molecular weight excluding hydrogens is 298 g/mol. The Labute approximate surface area is 114 Å². The van der Waals surface area contributed by atoms with E-state index in [0.29, 0.717) is 6.54 Å². The molecule has 0 radical (unpaired) electrons. The zero-order valence-corrected chi connectivity index (χ0v) is 12.3. The Balaban J connectivity index is 2.12. The second-order valence-electron chi connectivity index (χ2n) is 4.60. The van der Waals surface area contributed by atoms with Crippen molar-refractivity contribution in [1.82, 2.24) is 5.32 Å². The number of hydrogen-bond donors (Lipinski definition) is 1. The number of fused-ring (bicyclic) bond motifs is 1. The van der Waals surface area contributed by atoms with Gasteiger partial charge in [0.25, 0.3) is 5.91 Å². The van der Waals surface area contributed by atoms with Gasteiger partial charge in [0.05, 0.1) is 5.56 Å². The van der Waals surface area contributed by atoms with Crippen molar-refractivity contribution in [3.8, 4) is 0 Å². The van der Waals surface area contributed by atoms with Gasteiger partial charge in [0, 0.05) is 21.3 Å². The Bertz CT molecular complexity index is 452. The van der Waals surface area contributed by atoms with Crippen LogP contribution in [0.15, 0.2) is 16.4 Å². The van der Waals surface area contributed by atoms with Crippen LogP contribution >= 0.6 is 27.3 Å². The Morgan fingerprint density at radius 1 is 1.71 bits per heavy atom. The molecule has 1 aromatic rings. The third-order valence-corrected chi connectivity index (χ3v) is 4.42. The Morgan fingerprint density at radius 2 is 2.47 bits per heavy atom. The Morgan fingerprint density at radius 3 is 3.18 bits per heavy atom. The van der Waals surface area contributed by atoms with E-state index in [4.69, 9.17) is 0 Å². The lowest BCUT2D eigenvalue weighted by Gasteiger charge is -2.18. The van der Waals surface area contributed by atoms with E-state index in [-0.39, 0.29) is 5.91 Å². The monoisotopic (exact) mass is 313 g/mol. The molecular formula is C13H16BrNOS. The zero-order valence-electron chi connectivity index (χ0n) is 9.88. The number of amides is 1. The van der Waals surface area contributed by atoms with Gasteiger partial charge in [-0.25, -0.2) is 0 Å². The van der Waals surface area contributed by atoms with Crippen LogP contribution in [0.2, 0.25) is 0 Å². The van der Waals surface area contributed by atoms with E-state index in [1.165, 1.54) is 16.9 Å². The maximum absolute atomic E-state index is 12.0. The van der Waals surface area contributed by atoms with Gasteiger partial charge in [-0.05, 0) is 30.7 Å². The average Bonchev–Trinajstić information content (AvgIpc) is 2.68. The molecule has 1 aromatic heterocycles. The minimum atomic E-state index is 0.0256. The lowest BCUT2D eigenvalue weighted by atomic mass is 9.88. The standard InChI is InChI=1S/C13H16BrNOS/c1-8-3-4-10-11(7-17-12(10)5-8)13(16)15-6-9(2)14/h7-8H,2-6H2,1H3,(H,15,16). The minimum absolute atomic E-state index is 0.0256. The third-order valence-electron chi connectivity index (χ3n) is 3.09. The summed E-state index contributed by atoms with van der Waals surface area (Å²) >= 11 is 4.97. The number of halogens is 1. The number of nitrogens with one attached hydrogen (secondary N) is 1. The number of carbonyl (C=O) groups excluding carboxylic acids is 1. The molecule has 0 bridgehead atoms. The van der Waals surface area contributed by atoms with Crippen LogP contribution in [0, 0.1) is 5.92 Å². The maximum atomic E-state index is 12.0. The normalized spacial score (nSPS) is 18.6. The van der Waals surface area contributed by atoms with Crippen LogP contribution in [-0.4, -0.2) is 12.5 Å². The van der Waals surface area contributed by atoms with Gasteiger partial charge >= 0.3 is 0 Å². The minimum Gasteiger partial charge on any atom is -0.347 e. The summed E-state index contributed by atoms with van der Waals surface area (Å²) in [6, 6.07) is 0. The van der Waals surface area contributed by atoms with Gasteiger partial charge in [-0.2, -0.15) is 0 Å². The van der Waals surface area contributed by atoms with E-state index in [0.717, 1.165) is 28.8 Å². The van der Waals surface area contributed by atoms with Gasteiger partial charge in [-0.3, -0.25) is 4.79 Å². The van der Waals surface area contributed by atoms with Gasteiger partial charge in [0.15, 0.2) is 0 Å². The van der Waals surface area contributed by atoms with Crippen molar-refractivity contribution < 1.29 is 4.79 Å². The maximum Gasteiger partial charge on any atom is 0.252 e. The van der Waals surface area contributed by atoms with E-state index < -0.39 is 0 Å². The summed E-state index contributed by atoms with van der Waals surface area (Å²) < 4.78 is 0.795. The highest BCUT2D eigenvalue weighted by molar-refractivity contribution is 9.11. The molecule has 1 aliphatic rings. The first kappa shape index (κ1) is 12.8. The predicted octanol–water partition coefficient (Wildman–Crippen LogP) is 3.51. The summed E-state index contributed by atoms with van der Waals surface area (Å²) in [4.78, 5) is 13.4. The predicted molar refractivity (Wildman–Crippen MR) is 75.9 cm³/mol. The van der Waals surface area contributed by atoms with Crippen LogP contribution in [0.3, 0.4) is 0 Å². The van der Waals surface area contributed by atoms with Crippen molar-refractivity contribution in [3.05, 3.63) is 32.4 Å². The van der Waals surface area contributed by atoms with Crippen LogP contribution in [0.1, 0.15) is 34.1 Å².